The lowest BCUT2D eigenvalue weighted by Crippen LogP contribution is -2.32. The van der Waals surface area contributed by atoms with E-state index in [9.17, 15) is 4.79 Å². The lowest BCUT2D eigenvalue weighted by Gasteiger charge is -2.17. The maximum absolute atomic E-state index is 10.9. The summed E-state index contributed by atoms with van der Waals surface area (Å²) >= 11 is 0. The van der Waals surface area contributed by atoms with Crippen LogP contribution >= 0.6 is 0 Å². The van der Waals surface area contributed by atoms with Crippen LogP contribution in [0.3, 0.4) is 0 Å². The summed E-state index contributed by atoms with van der Waals surface area (Å²) in [6.07, 6.45) is 3.35. The second-order valence-electron chi connectivity index (χ2n) is 3.66. The van der Waals surface area contributed by atoms with Gasteiger partial charge in [0.2, 0.25) is 5.91 Å². The molecule has 0 spiro atoms. The summed E-state index contributed by atoms with van der Waals surface area (Å²) in [5, 5.41) is 8.06. The van der Waals surface area contributed by atoms with E-state index in [0.717, 1.165) is 19.3 Å². The summed E-state index contributed by atoms with van der Waals surface area (Å²) in [4.78, 5) is 10.9. The SMILES string of the molecule is C=NN(C)CC(N)CCCCC(=O)NC. The third-order valence-corrected chi connectivity index (χ3v) is 2.25. The number of hydrogen-bond donors (Lipinski definition) is 2. The van der Waals surface area contributed by atoms with E-state index in [1.165, 1.54) is 0 Å². The molecule has 0 saturated heterocycles. The summed E-state index contributed by atoms with van der Waals surface area (Å²) in [7, 11) is 3.50. The van der Waals surface area contributed by atoms with E-state index in [2.05, 4.69) is 17.1 Å². The van der Waals surface area contributed by atoms with Crippen LogP contribution in [-0.2, 0) is 4.79 Å². The molecule has 0 bridgehead atoms. The molecule has 0 heterocycles. The van der Waals surface area contributed by atoms with Gasteiger partial charge in [0, 0.05) is 33.3 Å². The van der Waals surface area contributed by atoms with E-state index in [1.54, 1.807) is 12.1 Å². The lowest BCUT2D eigenvalue weighted by molar-refractivity contribution is -0.120. The number of nitrogens with one attached hydrogen (secondary N) is 1. The van der Waals surface area contributed by atoms with Gasteiger partial charge in [-0.3, -0.25) is 9.80 Å². The molecular weight excluding hydrogens is 192 g/mol. The van der Waals surface area contributed by atoms with Gasteiger partial charge >= 0.3 is 0 Å². The molecule has 5 nitrogen and oxygen atoms in total. The van der Waals surface area contributed by atoms with Gasteiger partial charge < -0.3 is 11.1 Å². The lowest BCUT2D eigenvalue weighted by atomic mass is 10.1. The fourth-order valence-corrected chi connectivity index (χ4v) is 1.31. The van der Waals surface area contributed by atoms with Gasteiger partial charge in [-0.1, -0.05) is 6.42 Å². The summed E-state index contributed by atoms with van der Waals surface area (Å²) < 4.78 is 0. The minimum absolute atomic E-state index is 0.0912. The zero-order valence-electron chi connectivity index (χ0n) is 9.70. The van der Waals surface area contributed by atoms with Crippen molar-refractivity contribution in [1.82, 2.24) is 10.3 Å². The second-order valence-corrected chi connectivity index (χ2v) is 3.66. The fraction of sp³-hybridized carbons (Fsp3) is 0.800. The first-order chi connectivity index (χ1) is 7.10. The standard InChI is InChI=1S/C10H22N4O/c1-12-10(15)7-5-4-6-9(11)8-14(3)13-2/h9H,2,4-8,11H2,1,3H3,(H,12,15). The zero-order chi connectivity index (χ0) is 11.7. The molecule has 0 rings (SSSR count). The molecule has 0 saturated carbocycles. The van der Waals surface area contributed by atoms with Crippen LogP contribution in [0.4, 0.5) is 0 Å². The van der Waals surface area contributed by atoms with Crippen LogP contribution in [-0.4, -0.2) is 44.3 Å². The molecule has 1 amide bonds. The van der Waals surface area contributed by atoms with Crippen molar-refractivity contribution >= 4 is 12.6 Å². The highest BCUT2D eigenvalue weighted by atomic mass is 16.1. The van der Waals surface area contributed by atoms with Crippen molar-refractivity contribution in [1.29, 1.82) is 0 Å². The molecule has 0 aromatic rings. The Morgan fingerprint density at radius 2 is 2.27 bits per heavy atom. The monoisotopic (exact) mass is 214 g/mol. The number of hydrazone groups is 1. The van der Waals surface area contributed by atoms with Crippen LogP contribution in [0.15, 0.2) is 5.10 Å². The Hall–Kier alpha value is -1.10. The molecule has 15 heavy (non-hydrogen) atoms. The average Bonchev–Trinajstić information content (AvgIpc) is 2.23. The molecule has 0 aliphatic carbocycles. The number of amides is 1. The van der Waals surface area contributed by atoms with Crippen molar-refractivity contribution in [2.75, 3.05) is 20.6 Å². The summed E-state index contributed by atoms with van der Waals surface area (Å²) in [5.74, 6) is 0.0912. The van der Waals surface area contributed by atoms with E-state index >= 15 is 0 Å². The molecule has 0 aromatic carbocycles. The number of carbonyl (C=O) groups excluding carboxylic acids is 1. The minimum atomic E-state index is 0.0912. The highest BCUT2D eigenvalue weighted by Gasteiger charge is 2.05. The number of rotatable bonds is 8. The Bertz CT molecular complexity index is 196. The largest absolute Gasteiger partial charge is 0.359 e. The van der Waals surface area contributed by atoms with Crippen molar-refractivity contribution in [2.45, 2.75) is 31.7 Å². The van der Waals surface area contributed by atoms with E-state index < -0.39 is 0 Å². The Labute approximate surface area is 91.7 Å². The number of carbonyl (C=O) groups is 1. The third-order valence-electron chi connectivity index (χ3n) is 2.25. The van der Waals surface area contributed by atoms with Gasteiger partial charge in [0.05, 0.1) is 6.54 Å². The van der Waals surface area contributed by atoms with E-state index in [-0.39, 0.29) is 11.9 Å². The van der Waals surface area contributed by atoms with Crippen molar-refractivity contribution in [3.63, 3.8) is 0 Å². The van der Waals surface area contributed by atoms with Crippen LogP contribution in [0.25, 0.3) is 0 Å². The first-order valence-electron chi connectivity index (χ1n) is 5.24. The van der Waals surface area contributed by atoms with E-state index in [4.69, 9.17) is 5.73 Å². The fourth-order valence-electron chi connectivity index (χ4n) is 1.31. The van der Waals surface area contributed by atoms with Gasteiger partial charge in [0.1, 0.15) is 0 Å². The van der Waals surface area contributed by atoms with Gasteiger partial charge in [-0.15, -0.1) is 0 Å². The molecule has 88 valence electrons. The predicted octanol–water partition coefficient (Wildman–Crippen LogP) is 0.168. The van der Waals surface area contributed by atoms with E-state index in [0.29, 0.717) is 13.0 Å². The predicted molar refractivity (Wildman–Crippen MR) is 62.7 cm³/mol. The quantitative estimate of drug-likeness (QED) is 0.344. The van der Waals surface area contributed by atoms with Gasteiger partial charge in [-0.2, -0.15) is 5.10 Å². The van der Waals surface area contributed by atoms with Gasteiger partial charge in [0.15, 0.2) is 0 Å². The summed E-state index contributed by atoms with van der Waals surface area (Å²) in [5.41, 5.74) is 5.87. The molecule has 5 heteroatoms. The highest BCUT2D eigenvalue weighted by molar-refractivity contribution is 5.75. The molecular formula is C10H22N4O. The number of nitrogens with zero attached hydrogens (tertiary/aromatic N) is 2. The van der Waals surface area contributed by atoms with Crippen molar-refractivity contribution in [2.24, 2.45) is 10.8 Å². The summed E-state index contributed by atoms with van der Waals surface area (Å²) in [6.45, 7) is 4.12. The smallest absolute Gasteiger partial charge is 0.219 e. The van der Waals surface area contributed by atoms with Crippen molar-refractivity contribution in [3.8, 4) is 0 Å². The first-order valence-corrected chi connectivity index (χ1v) is 5.24. The van der Waals surface area contributed by atoms with Crippen LogP contribution in [0.5, 0.6) is 0 Å². The Balaban J connectivity index is 3.42. The number of nitrogens with two attached hydrogens (primary N) is 1. The Morgan fingerprint density at radius 1 is 1.60 bits per heavy atom. The zero-order valence-corrected chi connectivity index (χ0v) is 9.70. The highest BCUT2D eigenvalue weighted by Crippen LogP contribution is 2.03. The van der Waals surface area contributed by atoms with Crippen LogP contribution in [0.1, 0.15) is 25.7 Å². The van der Waals surface area contributed by atoms with Crippen molar-refractivity contribution < 1.29 is 4.79 Å². The number of unbranched alkanes of at least 4 members (excludes halogenated alkanes) is 1. The van der Waals surface area contributed by atoms with Gasteiger partial charge in [-0.05, 0) is 12.8 Å². The molecule has 1 unspecified atom stereocenters. The Kier molecular flexibility index (Phi) is 7.62. The molecule has 0 aromatic heterocycles. The maximum atomic E-state index is 10.9. The van der Waals surface area contributed by atoms with Gasteiger partial charge in [-0.25, -0.2) is 0 Å². The second kappa shape index (κ2) is 8.23. The Morgan fingerprint density at radius 3 is 2.80 bits per heavy atom. The summed E-state index contributed by atoms with van der Waals surface area (Å²) in [6, 6.07) is 0.102. The van der Waals surface area contributed by atoms with Crippen LogP contribution in [0, 0.1) is 0 Å². The molecule has 0 radical (unpaired) electrons. The average molecular weight is 214 g/mol. The molecule has 3 N–H and O–H groups in total. The van der Waals surface area contributed by atoms with Crippen molar-refractivity contribution in [3.05, 3.63) is 0 Å². The number of hydrogen-bond acceptors (Lipinski definition) is 4. The third kappa shape index (κ3) is 7.93. The minimum Gasteiger partial charge on any atom is -0.359 e. The van der Waals surface area contributed by atoms with Crippen LogP contribution in [0.2, 0.25) is 0 Å². The molecule has 0 fully saturated rings. The molecule has 0 aliphatic heterocycles. The maximum Gasteiger partial charge on any atom is 0.219 e. The topological polar surface area (TPSA) is 70.7 Å². The van der Waals surface area contributed by atoms with E-state index in [1.807, 2.05) is 7.05 Å². The molecule has 1 atom stereocenters. The normalized spacial score (nSPS) is 11.9. The van der Waals surface area contributed by atoms with Gasteiger partial charge in [0.25, 0.3) is 0 Å². The first kappa shape index (κ1) is 13.9. The number of likely N-dealkylation sites (N-methyl/N-ethyl adjacent to an activating group) is 1. The molecule has 0 aliphatic rings. The van der Waals surface area contributed by atoms with Crippen LogP contribution < -0.4 is 11.1 Å².